The third kappa shape index (κ3) is 14.1. The summed E-state index contributed by atoms with van der Waals surface area (Å²) >= 11 is 0. The molecule has 0 saturated heterocycles. The molecule has 0 rings (SSSR count). The van der Waals surface area contributed by atoms with Crippen LogP contribution in [0.25, 0.3) is 0 Å². The first kappa shape index (κ1) is 24.0. The van der Waals surface area contributed by atoms with E-state index in [0.717, 1.165) is 0 Å². The third-order valence-corrected chi connectivity index (χ3v) is 1.51. The molecule has 0 heterocycles. The van der Waals surface area contributed by atoms with E-state index < -0.39 is 47.4 Å². The van der Waals surface area contributed by atoms with E-state index in [4.69, 9.17) is 48.2 Å². The van der Waals surface area contributed by atoms with Crippen LogP contribution in [0, 0.1) is 0 Å². The summed E-state index contributed by atoms with van der Waals surface area (Å²) in [6.45, 7) is -0.843. The zero-order valence-electron chi connectivity index (χ0n) is 9.36. The molecule has 4 atom stereocenters. The van der Waals surface area contributed by atoms with Crippen LogP contribution in [0.2, 0.25) is 0 Å². The van der Waals surface area contributed by atoms with E-state index in [1.165, 1.54) is 0 Å². The van der Waals surface area contributed by atoms with Gasteiger partial charge in [-0.15, -0.1) is 0 Å². The molecule has 19 heavy (non-hydrogen) atoms. The predicted molar refractivity (Wildman–Crippen MR) is 55.0 cm³/mol. The average Bonchev–Trinajstić information content (AvgIpc) is 2.22. The van der Waals surface area contributed by atoms with Gasteiger partial charge in [0, 0.05) is 10.4 Å². The Bertz CT molecular complexity index is 335. The van der Waals surface area contributed by atoms with Gasteiger partial charge in [0.15, 0.2) is 6.10 Å². The first-order chi connectivity index (χ1) is 7.91. The molecule has 11 nitrogen and oxygen atoms in total. The van der Waals surface area contributed by atoms with E-state index >= 15 is 0 Å². The maximum atomic E-state index is 10.1. The van der Waals surface area contributed by atoms with Crippen LogP contribution in [-0.4, -0.2) is 108 Å². The molecule has 0 aliphatic carbocycles. The van der Waals surface area contributed by atoms with Crippen LogP contribution in [0.1, 0.15) is 0 Å². The van der Waals surface area contributed by atoms with Crippen molar-refractivity contribution in [1.82, 2.24) is 0 Å². The van der Waals surface area contributed by atoms with Crippen LogP contribution in [-0.2, 0) is 15.2 Å². The maximum absolute atomic E-state index is 10.1. The third-order valence-electron chi connectivity index (χ3n) is 1.51. The van der Waals surface area contributed by atoms with Gasteiger partial charge in [-0.2, -0.15) is 0 Å². The monoisotopic (exact) mass is 316 g/mol. The molecule has 0 aliphatic rings. The molecule has 110 valence electrons. The predicted octanol–water partition coefficient (Wildman–Crippen LogP) is -5.21. The smallest absolute Gasteiger partial charge is 0.759 e. The van der Waals surface area contributed by atoms with E-state index in [1.807, 2.05) is 0 Å². The van der Waals surface area contributed by atoms with Gasteiger partial charge >= 0.3 is 29.0 Å². The largest absolute Gasteiger partial charge is 2.00 e. The Labute approximate surface area is 123 Å². The van der Waals surface area contributed by atoms with Gasteiger partial charge in [0.2, 0.25) is 0 Å². The summed E-state index contributed by atoms with van der Waals surface area (Å²) in [6.07, 6.45) is -7.84. The van der Waals surface area contributed by atoms with E-state index in [-0.39, 0.29) is 23.1 Å². The molecule has 13 heteroatoms. The topological polar surface area (TPSA) is 219 Å². The van der Waals surface area contributed by atoms with Crippen LogP contribution in [0.4, 0.5) is 0 Å². The van der Waals surface area contributed by atoms with Gasteiger partial charge < -0.3 is 39.7 Å². The Morgan fingerprint density at radius 3 is 1.58 bits per heavy atom. The number of carbonyl (C=O) groups is 1. The molecule has 0 saturated carbocycles. The number of aliphatic hydroxyl groups excluding tert-OH is 5. The van der Waals surface area contributed by atoms with E-state index in [1.54, 1.807) is 0 Å². The van der Waals surface area contributed by atoms with E-state index in [9.17, 15) is 4.79 Å². The SMILES string of the molecule is O=C(O)C(O)C(O)C(O)C(O)CO.O=S(=O)([O-])[O-].[Mg+2]. The Kier molecular flexibility index (Phi) is 13.4. The standard InChI is InChI=1S/C6H12O7.Mg.H2O4S/c7-1-2(8)3(9)4(10)5(11)6(12)13;;1-5(2,3)4/h2-5,7-11H,1H2,(H,12,13);;(H2,1,2,3,4)/q;+2;/p-2. The average molecular weight is 317 g/mol. The summed E-state index contributed by atoms with van der Waals surface area (Å²) in [4.78, 5) is 10.1. The minimum Gasteiger partial charge on any atom is -0.759 e. The molecule has 0 fully saturated rings. The van der Waals surface area contributed by atoms with Gasteiger partial charge in [-0.3, -0.25) is 8.42 Å². The van der Waals surface area contributed by atoms with Crippen molar-refractivity contribution in [2.24, 2.45) is 0 Å². The molecular weight excluding hydrogens is 304 g/mol. The van der Waals surface area contributed by atoms with Crippen LogP contribution in [0.3, 0.4) is 0 Å². The normalized spacial score (nSPS) is 17.0. The van der Waals surface area contributed by atoms with Gasteiger partial charge in [-0.25, -0.2) is 4.79 Å². The number of aliphatic carboxylic acids is 1. The molecule has 4 unspecified atom stereocenters. The Morgan fingerprint density at radius 2 is 1.37 bits per heavy atom. The van der Waals surface area contributed by atoms with Crippen molar-refractivity contribution in [1.29, 1.82) is 0 Å². The number of hydrogen-bond acceptors (Lipinski definition) is 10. The number of rotatable bonds is 5. The first-order valence-corrected chi connectivity index (χ1v) is 5.47. The molecule has 0 aromatic heterocycles. The van der Waals surface area contributed by atoms with Crippen molar-refractivity contribution in [3.63, 3.8) is 0 Å². The van der Waals surface area contributed by atoms with Crippen LogP contribution >= 0.6 is 0 Å². The van der Waals surface area contributed by atoms with Gasteiger partial charge in [0.25, 0.3) is 0 Å². The molecule has 0 radical (unpaired) electrons. The molecule has 0 aromatic carbocycles. The zero-order valence-corrected chi connectivity index (χ0v) is 11.6. The summed E-state index contributed by atoms with van der Waals surface area (Å²) < 4.78 is 34.1. The maximum Gasteiger partial charge on any atom is 2.00 e. The molecular formula is C6H12MgO11S. The quantitative estimate of drug-likeness (QED) is 0.160. The number of carboxylic acid groups (broad SMARTS) is 1. The first-order valence-electron chi connectivity index (χ1n) is 4.14. The molecule has 0 amide bonds. The summed E-state index contributed by atoms with van der Waals surface area (Å²) in [7, 11) is -5.17. The molecule has 0 bridgehead atoms. The second-order valence-electron chi connectivity index (χ2n) is 2.92. The number of aliphatic hydroxyl groups is 5. The molecule has 0 aromatic rings. The minimum atomic E-state index is -5.17. The summed E-state index contributed by atoms with van der Waals surface area (Å²) in [5.74, 6) is -1.73. The van der Waals surface area contributed by atoms with Crippen molar-refractivity contribution in [2.45, 2.75) is 24.4 Å². The van der Waals surface area contributed by atoms with Crippen molar-refractivity contribution in [3.8, 4) is 0 Å². The Hall–Kier alpha value is -0.0938. The van der Waals surface area contributed by atoms with Crippen LogP contribution in [0.5, 0.6) is 0 Å². The Balaban J connectivity index is -0.000000366. The van der Waals surface area contributed by atoms with Crippen molar-refractivity contribution in [3.05, 3.63) is 0 Å². The summed E-state index contributed by atoms with van der Waals surface area (Å²) in [5.41, 5.74) is 0. The fourth-order valence-corrected chi connectivity index (χ4v) is 0.668. The second-order valence-corrected chi connectivity index (χ2v) is 3.74. The number of carboxylic acids is 1. The fourth-order valence-electron chi connectivity index (χ4n) is 0.668. The zero-order chi connectivity index (χ0) is 15.1. The van der Waals surface area contributed by atoms with E-state index in [2.05, 4.69) is 0 Å². The fraction of sp³-hybridized carbons (Fsp3) is 0.833. The summed E-state index contributed by atoms with van der Waals surface area (Å²) in [5, 5.41) is 51.8. The minimum absolute atomic E-state index is 0. The van der Waals surface area contributed by atoms with Crippen molar-refractivity contribution >= 4 is 39.4 Å². The van der Waals surface area contributed by atoms with Gasteiger partial charge in [0.05, 0.1) is 6.61 Å². The van der Waals surface area contributed by atoms with E-state index in [0.29, 0.717) is 0 Å². The van der Waals surface area contributed by atoms with Crippen LogP contribution < -0.4 is 0 Å². The van der Waals surface area contributed by atoms with Crippen LogP contribution in [0.15, 0.2) is 0 Å². The number of hydrogen-bond donors (Lipinski definition) is 6. The van der Waals surface area contributed by atoms with Crippen molar-refractivity contribution in [2.75, 3.05) is 6.61 Å². The molecule has 0 aliphatic heterocycles. The summed E-state index contributed by atoms with van der Waals surface area (Å²) in [6, 6.07) is 0. The Morgan fingerprint density at radius 1 is 1.05 bits per heavy atom. The van der Waals surface area contributed by atoms with Gasteiger partial charge in [-0.05, 0) is 0 Å². The molecule has 0 spiro atoms. The van der Waals surface area contributed by atoms with Gasteiger partial charge in [-0.1, -0.05) is 0 Å². The molecule has 6 N–H and O–H groups in total. The second kappa shape index (κ2) is 10.7. The van der Waals surface area contributed by atoms with Gasteiger partial charge in [0.1, 0.15) is 18.3 Å². The van der Waals surface area contributed by atoms with Crippen molar-refractivity contribution < 1.29 is 53.0 Å².